The molecule has 1 aromatic carbocycles. The van der Waals surface area contributed by atoms with Gasteiger partial charge in [-0.3, -0.25) is 0 Å². The van der Waals surface area contributed by atoms with Gasteiger partial charge >= 0.3 is 0 Å². The van der Waals surface area contributed by atoms with Crippen molar-refractivity contribution < 1.29 is 4.52 Å². The minimum atomic E-state index is 0.401. The maximum atomic E-state index is 6.04. The summed E-state index contributed by atoms with van der Waals surface area (Å²) in [7, 11) is 0. The Morgan fingerprint density at radius 1 is 1.29 bits per heavy atom. The number of nitrogens with zero attached hydrogens (tertiary/aromatic N) is 3. The van der Waals surface area contributed by atoms with Gasteiger partial charge in [-0.05, 0) is 35.0 Å². The van der Waals surface area contributed by atoms with Gasteiger partial charge in [-0.15, -0.1) is 11.3 Å². The van der Waals surface area contributed by atoms with Gasteiger partial charge in [-0.1, -0.05) is 21.1 Å². The normalized spacial score (nSPS) is 11.0. The average molecular weight is 430 g/mol. The molecule has 2 heterocycles. The molecule has 21 heavy (non-hydrogen) atoms. The zero-order valence-corrected chi connectivity index (χ0v) is 14.9. The molecule has 0 saturated heterocycles. The molecule has 0 radical (unpaired) electrons. The Labute approximate surface area is 141 Å². The van der Waals surface area contributed by atoms with Gasteiger partial charge in [0.25, 0.3) is 5.89 Å². The second-order valence-electron chi connectivity index (χ2n) is 4.42. The summed E-state index contributed by atoms with van der Waals surface area (Å²) in [5, 5.41) is 6.95. The van der Waals surface area contributed by atoms with Crippen molar-refractivity contribution in [2.75, 3.05) is 5.73 Å². The fourth-order valence-corrected chi connectivity index (χ4v) is 3.81. The second-order valence-corrected chi connectivity index (χ2v) is 7.14. The molecule has 0 aliphatic carbocycles. The van der Waals surface area contributed by atoms with Gasteiger partial charge in [-0.25, -0.2) is 4.98 Å². The quantitative estimate of drug-likeness (QED) is 0.631. The third-order valence-electron chi connectivity index (χ3n) is 2.77. The van der Waals surface area contributed by atoms with E-state index in [1.54, 1.807) is 11.3 Å². The van der Waals surface area contributed by atoms with Crippen LogP contribution in [0.15, 0.2) is 31.0 Å². The Morgan fingerprint density at radius 2 is 2.10 bits per heavy atom. The van der Waals surface area contributed by atoms with E-state index in [-0.39, 0.29) is 0 Å². The van der Waals surface area contributed by atoms with E-state index in [9.17, 15) is 0 Å². The van der Waals surface area contributed by atoms with Gasteiger partial charge < -0.3 is 10.3 Å². The summed E-state index contributed by atoms with van der Waals surface area (Å²) in [6, 6.07) is 3.72. The van der Waals surface area contributed by atoms with Gasteiger partial charge in [0.1, 0.15) is 5.01 Å². The lowest BCUT2D eigenvalue weighted by Gasteiger charge is -2.04. The second kappa shape index (κ2) is 5.86. The number of nitrogen functional groups attached to an aromatic ring is 1. The van der Waals surface area contributed by atoms with E-state index in [1.165, 1.54) is 0 Å². The highest BCUT2D eigenvalue weighted by molar-refractivity contribution is 9.11. The lowest BCUT2D eigenvalue weighted by Crippen LogP contribution is -1.93. The van der Waals surface area contributed by atoms with E-state index in [2.05, 4.69) is 47.0 Å². The molecule has 108 valence electrons. The highest BCUT2D eigenvalue weighted by Gasteiger charge is 2.15. The molecule has 0 atom stereocenters. The average Bonchev–Trinajstić information content (AvgIpc) is 3.04. The zero-order valence-electron chi connectivity index (χ0n) is 10.9. The van der Waals surface area contributed by atoms with Crippen LogP contribution in [-0.4, -0.2) is 15.1 Å². The Bertz CT molecular complexity index is 799. The number of aryl methyl sites for hydroxylation is 1. The number of thiazole rings is 1. The van der Waals surface area contributed by atoms with Crippen LogP contribution in [0.4, 0.5) is 5.69 Å². The maximum Gasteiger partial charge on any atom is 0.260 e. The van der Waals surface area contributed by atoms with Crippen LogP contribution in [0, 0.1) is 6.92 Å². The smallest absolute Gasteiger partial charge is 0.260 e. The zero-order chi connectivity index (χ0) is 15.0. The highest BCUT2D eigenvalue weighted by atomic mass is 79.9. The van der Waals surface area contributed by atoms with Crippen molar-refractivity contribution in [3.8, 4) is 11.5 Å². The molecule has 0 bridgehead atoms. The molecule has 2 aromatic heterocycles. The number of nitrogens with two attached hydrogens (primary N) is 1. The Balaban J connectivity index is 1.91. The van der Waals surface area contributed by atoms with E-state index in [0.717, 1.165) is 19.6 Å². The van der Waals surface area contributed by atoms with E-state index in [1.807, 2.05) is 24.4 Å². The van der Waals surface area contributed by atoms with Crippen LogP contribution >= 0.6 is 43.2 Å². The molecule has 2 N–H and O–H groups in total. The van der Waals surface area contributed by atoms with Crippen LogP contribution in [0.5, 0.6) is 0 Å². The molecule has 0 unspecified atom stereocenters. The SMILES string of the molecule is Cc1csc(Cc2noc(-c3cc(Br)cc(Br)c3N)n2)n1. The number of hydrogen-bond acceptors (Lipinski definition) is 6. The molecule has 3 aromatic rings. The predicted octanol–water partition coefficient (Wildman–Crippen LogP) is 4.20. The summed E-state index contributed by atoms with van der Waals surface area (Å²) in [6.07, 6.45) is 0.553. The fourth-order valence-electron chi connectivity index (χ4n) is 1.82. The molecule has 0 aliphatic heterocycles. The summed E-state index contributed by atoms with van der Waals surface area (Å²) in [6.45, 7) is 1.96. The number of benzene rings is 1. The Hall–Kier alpha value is -1.25. The molecule has 8 heteroatoms. The van der Waals surface area contributed by atoms with Crippen molar-refractivity contribution in [1.29, 1.82) is 0 Å². The molecule has 0 amide bonds. The largest absolute Gasteiger partial charge is 0.397 e. The summed E-state index contributed by atoms with van der Waals surface area (Å²) in [5.41, 5.74) is 8.31. The summed E-state index contributed by atoms with van der Waals surface area (Å²) in [5.74, 6) is 0.993. The van der Waals surface area contributed by atoms with Crippen LogP contribution in [-0.2, 0) is 6.42 Å². The third-order valence-corrected chi connectivity index (χ3v) is 4.85. The van der Waals surface area contributed by atoms with E-state index in [0.29, 0.717) is 29.4 Å². The van der Waals surface area contributed by atoms with Gasteiger partial charge in [0.15, 0.2) is 5.82 Å². The summed E-state index contributed by atoms with van der Waals surface area (Å²) in [4.78, 5) is 8.79. The van der Waals surface area contributed by atoms with Gasteiger partial charge in [-0.2, -0.15) is 4.98 Å². The van der Waals surface area contributed by atoms with Gasteiger partial charge in [0.2, 0.25) is 0 Å². The molecule has 5 nitrogen and oxygen atoms in total. The van der Waals surface area contributed by atoms with Crippen LogP contribution in [0.1, 0.15) is 16.5 Å². The lowest BCUT2D eigenvalue weighted by atomic mass is 10.2. The molecular formula is C13H10Br2N4OS. The standard InChI is InChI=1S/C13H10Br2N4OS/c1-6-5-21-11(17-6)4-10-18-13(20-19-10)8-2-7(14)3-9(15)12(8)16/h2-3,5H,4,16H2,1H3. The first-order valence-corrected chi connectivity index (χ1v) is 8.48. The molecule has 0 aliphatic rings. The molecular weight excluding hydrogens is 420 g/mol. The van der Waals surface area contributed by atoms with Crippen molar-refractivity contribution in [3.63, 3.8) is 0 Å². The number of anilines is 1. The van der Waals surface area contributed by atoms with Crippen LogP contribution < -0.4 is 5.73 Å². The van der Waals surface area contributed by atoms with Gasteiger partial charge in [0.05, 0.1) is 17.7 Å². The molecule has 3 rings (SSSR count). The summed E-state index contributed by atoms with van der Waals surface area (Å²) >= 11 is 8.41. The molecule has 0 spiro atoms. The first-order chi connectivity index (χ1) is 10.0. The number of aromatic nitrogens is 3. The van der Waals surface area contributed by atoms with E-state index < -0.39 is 0 Å². The molecule has 0 fully saturated rings. The van der Waals surface area contributed by atoms with E-state index >= 15 is 0 Å². The lowest BCUT2D eigenvalue weighted by molar-refractivity contribution is 0.424. The van der Waals surface area contributed by atoms with Crippen molar-refractivity contribution in [1.82, 2.24) is 15.1 Å². The monoisotopic (exact) mass is 428 g/mol. The van der Waals surface area contributed by atoms with Crippen LogP contribution in [0.3, 0.4) is 0 Å². The minimum Gasteiger partial charge on any atom is -0.397 e. The van der Waals surface area contributed by atoms with E-state index in [4.69, 9.17) is 10.3 Å². The van der Waals surface area contributed by atoms with Gasteiger partial charge in [0, 0.05) is 20.0 Å². The van der Waals surface area contributed by atoms with Crippen molar-refractivity contribution in [2.24, 2.45) is 0 Å². The van der Waals surface area contributed by atoms with Crippen molar-refractivity contribution >= 4 is 48.9 Å². The Kier molecular flexibility index (Phi) is 4.10. The number of hydrogen-bond donors (Lipinski definition) is 1. The maximum absolute atomic E-state index is 6.04. The Morgan fingerprint density at radius 3 is 2.81 bits per heavy atom. The van der Waals surface area contributed by atoms with Crippen LogP contribution in [0.2, 0.25) is 0 Å². The fraction of sp³-hybridized carbons (Fsp3) is 0.154. The minimum absolute atomic E-state index is 0.401. The first-order valence-electron chi connectivity index (χ1n) is 6.01. The molecule has 0 saturated carbocycles. The number of halogens is 2. The highest BCUT2D eigenvalue weighted by Crippen LogP contribution is 2.34. The third kappa shape index (κ3) is 3.17. The van der Waals surface area contributed by atoms with Crippen molar-refractivity contribution in [3.05, 3.63) is 43.0 Å². The number of rotatable bonds is 3. The first kappa shape index (κ1) is 14.7. The van der Waals surface area contributed by atoms with Crippen molar-refractivity contribution in [2.45, 2.75) is 13.3 Å². The predicted molar refractivity (Wildman–Crippen MR) is 89.2 cm³/mol. The topological polar surface area (TPSA) is 77.8 Å². The van der Waals surface area contributed by atoms with Crippen LogP contribution in [0.25, 0.3) is 11.5 Å². The summed E-state index contributed by atoms with van der Waals surface area (Å²) < 4.78 is 6.98.